The molecular formula is C12H15BrN4O3. The average molecular weight is 343 g/mol. The first kappa shape index (κ1) is 14.9. The van der Waals surface area contributed by atoms with Crippen molar-refractivity contribution in [2.24, 2.45) is 0 Å². The zero-order valence-electron chi connectivity index (χ0n) is 11.2. The molecule has 0 aliphatic rings. The first-order valence-electron chi connectivity index (χ1n) is 5.93. The molecule has 8 heteroatoms. The van der Waals surface area contributed by atoms with E-state index in [1.165, 1.54) is 7.11 Å². The van der Waals surface area contributed by atoms with E-state index < -0.39 is 6.10 Å². The first-order valence-corrected chi connectivity index (χ1v) is 6.72. The summed E-state index contributed by atoms with van der Waals surface area (Å²) in [7, 11) is 3.13. The number of ether oxygens (including phenoxy) is 2. The molecule has 108 valence electrons. The number of methoxy groups -OCH3 is 2. The number of hydrogen-bond donors (Lipinski definition) is 1. The molecule has 1 atom stereocenters. The second kappa shape index (κ2) is 6.78. The lowest BCUT2D eigenvalue weighted by atomic mass is 10.2. The van der Waals surface area contributed by atoms with E-state index in [0.717, 1.165) is 0 Å². The number of halogens is 1. The van der Waals surface area contributed by atoms with E-state index in [1.54, 1.807) is 30.1 Å². The molecule has 2 rings (SSSR count). The van der Waals surface area contributed by atoms with Gasteiger partial charge in [-0.3, -0.25) is 4.68 Å². The summed E-state index contributed by atoms with van der Waals surface area (Å²) in [6.45, 7) is 1.04. The van der Waals surface area contributed by atoms with Gasteiger partial charge in [0.05, 0.1) is 42.3 Å². The van der Waals surface area contributed by atoms with Gasteiger partial charge >= 0.3 is 0 Å². The third-order valence-corrected chi connectivity index (χ3v) is 3.36. The summed E-state index contributed by atoms with van der Waals surface area (Å²) in [5, 5.41) is 22.4. The van der Waals surface area contributed by atoms with Crippen molar-refractivity contribution in [1.29, 1.82) is 0 Å². The molecule has 0 amide bonds. The molecule has 0 saturated heterocycles. The maximum Gasteiger partial charge on any atom is 0.233 e. The highest BCUT2D eigenvalue weighted by Crippen LogP contribution is 2.27. The molecule has 0 aliphatic carbocycles. The van der Waals surface area contributed by atoms with E-state index >= 15 is 0 Å². The molecule has 20 heavy (non-hydrogen) atoms. The van der Waals surface area contributed by atoms with E-state index in [4.69, 9.17) is 9.47 Å². The van der Waals surface area contributed by atoms with E-state index in [9.17, 15) is 5.11 Å². The number of nitrogens with zero attached hydrogens (tertiary/aromatic N) is 4. The Hall–Kier alpha value is -1.51. The second-order valence-electron chi connectivity index (χ2n) is 4.00. The molecule has 7 nitrogen and oxygen atoms in total. The summed E-state index contributed by atoms with van der Waals surface area (Å²) in [4.78, 5) is 0. The fourth-order valence-electron chi connectivity index (χ4n) is 1.72. The van der Waals surface area contributed by atoms with Crippen LogP contribution in [-0.4, -0.2) is 45.9 Å². The van der Waals surface area contributed by atoms with Crippen molar-refractivity contribution in [1.82, 2.24) is 20.0 Å². The lowest BCUT2D eigenvalue weighted by Gasteiger charge is -2.13. The normalized spacial score (nSPS) is 12.4. The van der Waals surface area contributed by atoms with Crippen molar-refractivity contribution in [2.45, 2.75) is 12.6 Å². The van der Waals surface area contributed by atoms with Gasteiger partial charge in [0, 0.05) is 13.2 Å². The van der Waals surface area contributed by atoms with Gasteiger partial charge < -0.3 is 14.6 Å². The highest BCUT2D eigenvalue weighted by atomic mass is 79.9. The third-order valence-electron chi connectivity index (χ3n) is 2.75. The predicted octanol–water partition coefficient (Wildman–Crippen LogP) is 1.17. The van der Waals surface area contributed by atoms with Gasteiger partial charge in [-0.25, -0.2) is 0 Å². The van der Waals surface area contributed by atoms with Crippen molar-refractivity contribution in [2.75, 3.05) is 20.8 Å². The van der Waals surface area contributed by atoms with Gasteiger partial charge in [-0.1, -0.05) is 0 Å². The smallest absolute Gasteiger partial charge is 0.233 e. The quantitative estimate of drug-likeness (QED) is 0.848. The Bertz CT molecular complexity index is 558. The van der Waals surface area contributed by atoms with E-state index in [-0.39, 0.29) is 0 Å². The number of hydrogen-bond acceptors (Lipinski definition) is 6. The van der Waals surface area contributed by atoms with Crippen LogP contribution < -0.4 is 4.74 Å². The number of aliphatic hydroxyl groups is 1. The Morgan fingerprint density at radius 1 is 1.35 bits per heavy atom. The van der Waals surface area contributed by atoms with Crippen molar-refractivity contribution in [3.05, 3.63) is 34.2 Å². The van der Waals surface area contributed by atoms with Crippen LogP contribution in [0.1, 0.15) is 17.5 Å². The van der Waals surface area contributed by atoms with Gasteiger partial charge in [0.15, 0.2) is 0 Å². The summed E-state index contributed by atoms with van der Waals surface area (Å²) in [6.07, 6.45) is 0.702. The first-order chi connectivity index (χ1) is 9.67. The zero-order chi connectivity index (χ0) is 14.5. The van der Waals surface area contributed by atoms with Crippen molar-refractivity contribution in [3.8, 4) is 5.88 Å². The Balaban J connectivity index is 2.26. The van der Waals surface area contributed by atoms with Crippen LogP contribution in [0.4, 0.5) is 0 Å². The molecule has 0 aromatic carbocycles. The molecule has 2 aromatic rings. The van der Waals surface area contributed by atoms with E-state index in [1.807, 2.05) is 0 Å². The highest BCUT2D eigenvalue weighted by Gasteiger charge is 2.21. The average Bonchev–Trinajstić information content (AvgIpc) is 2.85. The van der Waals surface area contributed by atoms with Crippen LogP contribution in [0, 0.1) is 0 Å². The Kier molecular flexibility index (Phi) is 5.05. The van der Waals surface area contributed by atoms with Crippen LogP contribution in [0.3, 0.4) is 0 Å². The van der Waals surface area contributed by atoms with Crippen LogP contribution in [0.5, 0.6) is 5.88 Å². The minimum Gasteiger partial charge on any atom is -0.480 e. The van der Waals surface area contributed by atoms with Crippen molar-refractivity contribution in [3.63, 3.8) is 0 Å². The van der Waals surface area contributed by atoms with Crippen LogP contribution in [0.25, 0.3) is 0 Å². The Morgan fingerprint density at radius 3 is 2.75 bits per heavy atom. The maximum atomic E-state index is 10.4. The van der Waals surface area contributed by atoms with E-state index in [0.29, 0.717) is 34.9 Å². The summed E-state index contributed by atoms with van der Waals surface area (Å²) in [5.74, 6) is 0.396. The molecule has 0 bridgehead atoms. The summed E-state index contributed by atoms with van der Waals surface area (Å²) in [6, 6.07) is 3.31. The number of aromatic nitrogens is 4. The molecule has 2 heterocycles. The molecule has 1 unspecified atom stereocenters. The fourth-order valence-corrected chi connectivity index (χ4v) is 2.24. The molecule has 0 radical (unpaired) electrons. The van der Waals surface area contributed by atoms with Gasteiger partial charge in [-0.15, -0.1) is 10.2 Å². The van der Waals surface area contributed by atoms with Gasteiger partial charge in [0.2, 0.25) is 5.88 Å². The Morgan fingerprint density at radius 2 is 2.15 bits per heavy atom. The van der Waals surface area contributed by atoms with Gasteiger partial charge in [-0.2, -0.15) is 5.10 Å². The standard InChI is InChI=1S/C12H15BrN4O3/c1-19-6-5-17-11(8(13)7-14-17)12(18)9-3-4-10(20-2)16-15-9/h3-4,7,12,18H,5-6H2,1-2H3. The minimum absolute atomic E-state index is 0.396. The summed E-state index contributed by atoms with van der Waals surface area (Å²) >= 11 is 3.38. The lowest BCUT2D eigenvalue weighted by Crippen LogP contribution is -2.14. The van der Waals surface area contributed by atoms with Crippen LogP contribution >= 0.6 is 15.9 Å². The minimum atomic E-state index is -0.929. The number of aliphatic hydroxyl groups excluding tert-OH is 1. The number of rotatable bonds is 6. The molecule has 0 aliphatic heterocycles. The van der Waals surface area contributed by atoms with E-state index in [2.05, 4.69) is 31.2 Å². The zero-order valence-corrected chi connectivity index (χ0v) is 12.7. The molecule has 2 aromatic heterocycles. The Labute approximate surface area is 124 Å². The van der Waals surface area contributed by atoms with Gasteiger partial charge in [-0.05, 0) is 22.0 Å². The molecule has 0 fully saturated rings. The molecule has 0 spiro atoms. The van der Waals surface area contributed by atoms with Gasteiger partial charge in [0.1, 0.15) is 6.10 Å². The lowest BCUT2D eigenvalue weighted by molar-refractivity contribution is 0.169. The van der Waals surface area contributed by atoms with Crippen molar-refractivity contribution < 1.29 is 14.6 Å². The van der Waals surface area contributed by atoms with Gasteiger partial charge in [0.25, 0.3) is 0 Å². The summed E-state index contributed by atoms with van der Waals surface area (Å²) < 4.78 is 12.3. The molecule has 1 N–H and O–H groups in total. The van der Waals surface area contributed by atoms with Crippen LogP contribution in [0.15, 0.2) is 22.8 Å². The van der Waals surface area contributed by atoms with Crippen LogP contribution in [0.2, 0.25) is 0 Å². The molecule has 0 saturated carbocycles. The fraction of sp³-hybridized carbons (Fsp3) is 0.417. The van der Waals surface area contributed by atoms with Crippen molar-refractivity contribution >= 4 is 15.9 Å². The highest BCUT2D eigenvalue weighted by molar-refractivity contribution is 9.10. The van der Waals surface area contributed by atoms with Crippen LogP contribution in [-0.2, 0) is 11.3 Å². The topological polar surface area (TPSA) is 82.3 Å². The third kappa shape index (κ3) is 3.14. The second-order valence-corrected chi connectivity index (χ2v) is 4.85. The SMILES string of the molecule is COCCn1ncc(Br)c1C(O)c1ccc(OC)nn1. The predicted molar refractivity (Wildman–Crippen MR) is 74.4 cm³/mol. The summed E-state index contributed by atoms with van der Waals surface area (Å²) in [5.41, 5.74) is 1.03. The largest absolute Gasteiger partial charge is 0.480 e. The molecular weight excluding hydrogens is 328 g/mol. The maximum absolute atomic E-state index is 10.4. The monoisotopic (exact) mass is 342 g/mol.